The van der Waals surface area contributed by atoms with Gasteiger partial charge < -0.3 is 4.57 Å². The quantitative estimate of drug-likeness (QED) is 0.190. The summed E-state index contributed by atoms with van der Waals surface area (Å²) < 4.78 is 4.69. The number of benzene rings is 7. The number of fused-ring (bicyclic) bond motifs is 10. The van der Waals surface area contributed by atoms with Crippen molar-refractivity contribution >= 4 is 71.4 Å². The summed E-state index contributed by atoms with van der Waals surface area (Å²) in [6, 6.07) is 52.5. The topological polar surface area (TPSA) is 35.6 Å². The van der Waals surface area contributed by atoms with Crippen molar-refractivity contribution in [3.63, 3.8) is 0 Å². The van der Waals surface area contributed by atoms with Gasteiger partial charge in [-0.15, -0.1) is 0 Å². The first kappa shape index (κ1) is 28.3. The fraction of sp³-hybridized carbons (Fsp3) is 0.0638. The zero-order valence-electron chi connectivity index (χ0n) is 28.1. The molecule has 3 heterocycles. The number of para-hydroxylation sites is 3. The Morgan fingerprint density at radius 1 is 0.549 bits per heavy atom. The summed E-state index contributed by atoms with van der Waals surface area (Å²) >= 11 is 0. The molecule has 10 aromatic rings. The average molecular weight is 653 g/mol. The Hall–Kier alpha value is -6.52. The molecule has 240 valence electrons. The Morgan fingerprint density at radius 3 is 2.10 bits per heavy atom. The van der Waals surface area contributed by atoms with E-state index in [1.165, 1.54) is 60.0 Å². The van der Waals surface area contributed by atoms with Crippen LogP contribution in [0.3, 0.4) is 0 Å². The van der Waals surface area contributed by atoms with Crippen LogP contribution in [0.1, 0.15) is 30.4 Å². The number of aromatic nitrogens is 4. The third-order valence-corrected chi connectivity index (χ3v) is 10.9. The van der Waals surface area contributed by atoms with E-state index in [0.717, 1.165) is 39.7 Å². The highest BCUT2D eigenvalue weighted by atomic mass is 15.2. The first-order chi connectivity index (χ1) is 25.2. The summed E-state index contributed by atoms with van der Waals surface area (Å²) in [4.78, 5) is 10.9. The fourth-order valence-electron chi connectivity index (χ4n) is 8.70. The highest BCUT2D eigenvalue weighted by molar-refractivity contribution is 6.21. The molecular formula is C47H32N4. The first-order valence-electron chi connectivity index (χ1n) is 17.7. The third kappa shape index (κ3) is 4.08. The van der Waals surface area contributed by atoms with E-state index in [0.29, 0.717) is 11.9 Å². The molecule has 1 aliphatic carbocycles. The largest absolute Gasteiger partial charge is 0.309 e. The van der Waals surface area contributed by atoms with E-state index in [-0.39, 0.29) is 0 Å². The van der Waals surface area contributed by atoms with Crippen LogP contribution in [0.4, 0.5) is 0 Å². The zero-order valence-corrected chi connectivity index (χ0v) is 28.1. The van der Waals surface area contributed by atoms with Crippen molar-refractivity contribution in [3.05, 3.63) is 163 Å². The molecule has 7 aromatic carbocycles. The van der Waals surface area contributed by atoms with E-state index < -0.39 is 0 Å². The van der Waals surface area contributed by atoms with Crippen molar-refractivity contribution in [2.45, 2.75) is 19.3 Å². The Kier molecular flexibility index (Phi) is 5.97. The van der Waals surface area contributed by atoms with Crippen LogP contribution < -0.4 is 0 Å². The second-order valence-corrected chi connectivity index (χ2v) is 13.8. The molecule has 1 atom stereocenters. The lowest BCUT2D eigenvalue weighted by atomic mass is 9.83. The van der Waals surface area contributed by atoms with E-state index in [4.69, 9.17) is 9.97 Å². The standard InChI is InChI=1S/C47H32N4/c1-29-12-10-14-31-15-11-20-38(44(29)31)46-36-19-4-7-21-39(36)48-47(49-46)51-42-27-24-30-13-2-3-16-33(30)45(42)37-26-25-32(28-43(37)51)50-40-22-8-5-17-34(40)35-18-6-9-23-41(35)50/h2-11,13-29H,12H2,1H3. The van der Waals surface area contributed by atoms with Crippen molar-refractivity contribution in [3.8, 4) is 22.9 Å². The van der Waals surface area contributed by atoms with Gasteiger partial charge in [-0.1, -0.05) is 128 Å². The summed E-state index contributed by atoms with van der Waals surface area (Å²) in [5, 5.41) is 8.39. The summed E-state index contributed by atoms with van der Waals surface area (Å²) in [6.07, 6.45) is 5.57. The van der Waals surface area contributed by atoms with E-state index in [1.54, 1.807) is 0 Å². The van der Waals surface area contributed by atoms with E-state index in [2.05, 4.69) is 174 Å². The van der Waals surface area contributed by atoms with Gasteiger partial charge in [-0.2, -0.15) is 0 Å². The highest BCUT2D eigenvalue weighted by Gasteiger charge is 2.23. The van der Waals surface area contributed by atoms with Crippen molar-refractivity contribution in [2.24, 2.45) is 0 Å². The van der Waals surface area contributed by atoms with Crippen LogP contribution in [0.5, 0.6) is 0 Å². The minimum Gasteiger partial charge on any atom is -0.309 e. The van der Waals surface area contributed by atoms with Crippen LogP contribution in [0.25, 0.3) is 94.3 Å². The molecule has 0 saturated heterocycles. The summed E-state index contributed by atoms with van der Waals surface area (Å²) in [5.74, 6) is 1.07. The van der Waals surface area contributed by atoms with Crippen LogP contribution >= 0.6 is 0 Å². The molecule has 4 heteroatoms. The molecule has 0 saturated carbocycles. The molecule has 0 aliphatic heterocycles. The Labute approximate surface area is 294 Å². The molecule has 0 fully saturated rings. The van der Waals surface area contributed by atoms with E-state index in [1.807, 2.05) is 0 Å². The minimum atomic E-state index is 0.395. The second kappa shape index (κ2) is 10.7. The molecule has 1 aliphatic rings. The van der Waals surface area contributed by atoms with Gasteiger partial charge in [0.1, 0.15) is 0 Å². The number of hydrogen-bond acceptors (Lipinski definition) is 2. The van der Waals surface area contributed by atoms with Crippen LogP contribution in [0.2, 0.25) is 0 Å². The lowest BCUT2D eigenvalue weighted by Crippen LogP contribution is -2.07. The summed E-state index contributed by atoms with van der Waals surface area (Å²) in [5.41, 5.74) is 11.4. The van der Waals surface area contributed by atoms with Crippen LogP contribution in [0.15, 0.2) is 152 Å². The number of allylic oxidation sites excluding steroid dienone is 1. The third-order valence-electron chi connectivity index (χ3n) is 10.9. The molecule has 4 nitrogen and oxygen atoms in total. The normalized spacial score (nSPS) is 14.4. The zero-order chi connectivity index (χ0) is 33.6. The van der Waals surface area contributed by atoms with Crippen molar-refractivity contribution in [2.75, 3.05) is 0 Å². The van der Waals surface area contributed by atoms with E-state index >= 15 is 0 Å². The van der Waals surface area contributed by atoms with Gasteiger partial charge in [0.05, 0.1) is 33.3 Å². The predicted molar refractivity (Wildman–Crippen MR) is 213 cm³/mol. The van der Waals surface area contributed by atoms with Crippen LogP contribution in [0, 0.1) is 0 Å². The van der Waals surface area contributed by atoms with E-state index in [9.17, 15) is 0 Å². The SMILES string of the molecule is CC1CC=Cc2cccc(-c3nc(-n4c5cc(-n6c7ccccc7c7ccccc76)ccc5c5c6ccccc6ccc54)nc4ccccc34)c21. The lowest BCUT2D eigenvalue weighted by molar-refractivity contribution is 0.773. The maximum absolute atomic E-state index is 5.55. The molecule has 1 unspecified atom stereocenters. The molecule has 0 N–H and O–H groups in total. The molecule has 0 bridgehead atoms. The second-order valence-electron chi connectivity index (χ2n) is 13.8. The van der Waals surface area contributed by atoms with Gasteiger partial charge in [0, 0.05) is 38.2 Å². The van der Waals surface area contributed by atoms with Gasteiger partial charge in [0.2, 0.25) is 5.95 Å². The lowest BCUT2D eigenvalue weighted by Gasteiger charge is -2.22. The van der Waals surface area contributed by atoms with Crippen LogP contribution in [-0.4, -0.2) is 19.1 Å². The van der Waals surface area contributed by atoms with Gasteiger partial charge in [-0.05, 0) is 70.6 Å². The Balaban J connectivity index is 1.27. The number of rotatable bonds is 3. The molecule has 0 radical (unpaired) electrons. The molecule has 51 heavy (non-hydrogen) atoms. The van der Waals surface area contributed by atoms with Gasteiger partial charge in [-0.25, -0.2) is 9.97 Å². The van der Waals surface area contributed by atoms with Crippen LogP contribution in [-0.2, 0) is 0 Å². The monoisotopic (exact) mass is 652 g/mol. The predicted octanol–water partition coefficient (Wildman–Crippen LogP) is 12.2. The van der Waals surface area contributed by atoms with Crippen molar-refractivity contribution < 1.29 is 0 Å². The number of nitrogens with zero attached hydrogens (tertiary/aromatic N) is 4. The maximum Gasteiger partial charge on any atom is 0.235 e. The molecule has 11 rings (SSSR count). The van der Waals surface area contributed by atoms with Gasteiger partial charge in [0.25, 0.3) is 0 Å². The maximum atomic E-state index is 5.55. The summed E-state index contributed by atoms with van der Waals surface area (Å²) in [7, 11) is 0. The summed E-state index contributed by atoms with van der Waals surface area (Å²) in [6.45, 7) is 2.32. The van der Waals surface area contributed by atoms with Gasteiger partial charge >= 0.3 is 0 Å². The molecular weight excluding hydrogens is 621 g/mol. The first-order valence-corrected chi connectivity index (χ1v) is 17.7. The smallest absolute Gasteiger partial charge is 0.235 e. The van der Waals surface area contributed by atoms with Crippen molar-refractivity contribution in [1.82, 2.24) is 19.1 Å². The van der Waals surface area contributed by atoms with Gasteiger partial charge in [-0.3, -0.25) is 4.57 Å². The Morgan fingerprint density at radius 2 is 1.27 bits per heavy atom. The number of hydrogen-bond donors (Lipinski definition) is 0. The molecule has 0 spiro atoms. The fourth-order valence-corrected chi connectivity index (χ4v) is 8.70. The molecule has 0 amide bonds. The average Bonchev–Trinajstić information content (AvgIpc) is 3.70. The van der Waals surface area contributed by atoms with Gasteiger partial charge in [0.15, 0.2) is 0 Å². The highest BCUT2D eigenvalue weighted by Crippen LogP contribution is 2.42. The van der Waals surface area contributed by atoms with Crippen molar-refractivity contribution in [1.29, 1.82) is 0 Å². The minimum absolute atomic E-state index is 0.395. The molecule has 3 aromatic heterocycles. The Bertz CT molecular complexity index is 3030.